The van der Waals surface area contributed by atoms with Gasteiger partial charge in [-0.2, -0.15) is 0 Å². The van der Waals surface area contributed by atoms with Crippen LogP contribution in [0.5, 0.6) is 0 Å². The fraction of sp³-hybridized carbons (Fsp3) is 0.750. The molecule has 0 aromatic carbocycles. The van der Waals surface area contributed by atoms with E-state index in [4.69, 9.17) is 0 Å². The molecule has 25 heavy (non-hydrogen) atoms. The monoisotopic (exact) mass is 440 g/mol. The molecule has 0 N–H and O–H groups in total. The van der Waals surface area contributed by atoms with Crippen molar-refractivity contribution < 1.29 is 19.2 Å². The predicted octanol–water partition coefficient (Wildman–Crippen LogP) is 4.55. The van der Waals surface area contributed by atoms with E-state index in [0.717, 1.165) is 47.2 Å². The first-order valence-corrected chi connectivity index (χ1v) is 15.0. The molecule has 0 bridgehead atoms. The van der Waals surface area contributed by atoms with Crippen molar-refractivity contribution in [1.82, 2.24) is 0 Å². The summed E-state index contributed by atoms with van der Waals surface area (Å²) < 4.78 is 0. The standard InChI is InChI=1S/C16H28O4S4Si/c1-13(17)21-5-9-25(10-6-22-14(2)18,11-7-23-15(3)19)12-8-24-16(4)20/h5-12H2,1-4H3. The van der Waals surface area contributed by atoms with Gasteiger partial charge in [0.1, 0.15) is 0 Å². The van der Waals surface area contributed by atoms with E-state index in [1.165, 1.54) is 47.0 Å². The third-order valence-electron chi connectivity index (χ3n) is 3.75. The molecule has 0 spiro atoms. The van der Waals surface area contributed by atoms with E-state index in [9.17, 15) is 19.2 Å². The van der Waals surface area contributed by atoms with Gasteiger partial charge in [-0.3, -0.25) is 19.2 Å². The Balaban J connectivity index is 4.96. The molecule has 9 heteroatoms. The van der Waals surface area contributed by atoms with Crippen LogP contribution < -0.4 is 0 Å². The molecule has 144 valence electrons. The third-order valence-corrected chi connectivity index (χ3v) is 13.7. The Morgan fingerprint density at radius 2 is 0.720 bits per heavy atom. The van der Waals surface area contributed by atoms with Crippen molar-refractivity contribution >= 4 is 75.6 Å². The number of thioether (sulfide) groups is 4. The molecule has 0 fully saturated rings. The summed E-state index contributed by atoms with van der Waals surface area (Å²) in [5.74, 6) is 3.17. The Hall–Kier alpha value is 0.297. The van der Waals surface area contributed by atoms with E-state index in [1.54, 1.807) is 27.7 Å². The summed E-state index contributed by atoms with van der Waals surface area (Å²) in [5.41, 5.74) is 0. The van der Waals surface area contributed by atoms with Gasteiger partial charge in [0.2, 0.25) is 0 Å². The Kier molecular flexibility index (Phi) is 14.5. The van der Waals surface area contributed by atoms with Gasteiger partial charge in [0.15, 0.2) is 20.5 Å². The van der Waals surface area contributed by atoms with Crippen LogP contribution in [0.25, 0.3) is 0 Å². The number of carbonyl (C=O) groups excluding carboxylic acids is 4. The van der Waals surface area contributed by atoms with Crippen molar-refractivity contribution in [3.05, 3.63) is 0 Å². The lowest BCUT2D eigenvalue weighted by molar-refractivity contribution is -0.109. The highest BCUT2D eigenvalue weighted by molar-refractivity contribution is 8.14. The normalized spacial score (nSPS) is 11.4. The predicted molar refractivity (Wildman–Crippen MR) is 118 cm³/mol. The molecule has 0 aliphatic carbocycles. The van der Waals surface area contributed by atoms with Crippen LogP contribution in [0, 0.1) is 0 Å². The van der Waals surface area contributed by atoms with Crippen LogP contribution in [0.15, 0.2) is 0 Å². The highest BCUT2D eigenvalue weighted by Gasteiger charge is 2.32. The van der Waals surface area contributed by atoms with Crippen LogP contribution in [0.4, 0.5) is 0 Å². The Morgan fingerprint density at radius 3 is 0.880 bits per heavy atom. The highest BCUT2D eigenvalue weighted by atomic mass is 32.2. The third kappa shape index (κ3) is 15.1. The molecule has 0 amide bonds. The molecule has 0 aliphatic rings. The van der Waals surface area contributed by atoms with Crippen LogP contribution in [-0.2, 0) is 19.2 Å². The van der Waals surface area contributed by atoms with Gasteiger partial charge in [-0.05, 0) is 47.2 Å². The minimum absolute atomic E-state index is 0.122. The maximum absolute atomic E-state index is 11.3. The maximum Gasteiger partial charge on any atom is 0.185 e. The molecule has 0 aromatic heterocycles. The van der Waals surface area contributed by atoms with Crippen molar-refractivity contribution in [2.45, 2.75) is 51.9 Å². The van der Waals surface area contributed by atoms with E-state index < -0.39 is 8.07 Å². The van der Waals surface area contributed by atoms with Crippen LogP contribution in [0.2, 0.25) is 24.2 Å². The van der Waals surface area contributed by atoms with E-state index in [0.29, 0.717) is 0 Å². The molecule has 0 atom stereocenters. The first kappa shape index (κ1) is 25.3. The Labute approximate surface area is 169 Å². The average molecular weight is 441 g/mol. The van der Waals surface area contributed by atoms with Gasteiger partial charge in [-0.15, -0.1) is 0 Å². The zero-order valence-electron chi connectivity index (χ0n) is 15.4. The molecule has 0 aromatic rings. The second-order valence-electron chi connectivity index (χ2n) is 5.86. The van der Waals surface area contributed by atoms with Gasteiger partial charge in [0.05, 0.1) is 8.07 Å². The zero-order valence-corrected chi connectivity index (χ0v) is 19.7. The van der Waals surface area contributed by atoms with E-state index in [1.807, 2.05) is 0 Å². The van der Waals surface area contributed by atoms with Gasteiger partial charge in [0.25, 0.3) is 0 Å². The van der Waals surface area contributed by atoms with Gasteiger partial charge < -0.3 is 0 Å². The molecule has 0 unspecified atom stereocenters. The Bertz CT molecular complexity index is 386. The second kappa shape index (κ2) is 14.4. The van der Waals surface area contributed by atoms with E-state index in [2.05, 4.69) is 0 Å². The van der Waals surface area contributed by atoms with E-state index in [-0.39, 0.29) is 20.5 Å². The molecular weight excluding hydrogens is 413 g/mol. The summed E-state index contributed by atoms with van der Waals surface area (Å²) in [6, 6.07) is 3.97. The molecule has 0 rings (SSSR count). The SMILES string of the molecule is CC(=O)SCC[Si](CCSC(C)=O)(CCSC(C)=O)CCSC(C)=O. The fourth-order valence-electron chi connectivity index (χ4n) is 2.40. The highest BCUT2D eigenvalue weighted by Crippen LogP contribution is 2.32. The van der Waals surface area contributed by atoms with Gasteiger partial charge >= 0.3 is 0 Å². The lowest BCUT2D eigenvalue weighted by Crippen LogP contribution is -2.37. The quantitative estimate of drug-likeness (QED) is 0.409. The largest absolute Gasteiger partial charge is 0.288 e. The van der Waals surface area contributed by atoms with E-state index >= 15 is 0 Å². The first-order chi connectivity index (χ1) is 11.7. The van der Waals surface area contributed by atoms with Crippen molar-refractivity contribution in [3.63, 3.8) is 0 Å². The minimum atomic E-state index is -1.76. The summed E-state index contributed by atoms with van der Waals surface area (Å²) in [6.07, 6.45) is 0. The van der Waals surface area contributed by atoms with Crippen LogP contribution >= 0.6 is 47.0 Å². The first-order valence-electron chi connectivity index (χ1n) is 8.20. The fourth-order valence-corrected chi connectivity index (χ4v) is 13.6. The van der Waals surface area contributed by atoms with Gasteiger partial charge in [-0.25, -0.2) is 0 Å². The number of carbonyl (C=O) groups is 4. The topological polar surface area (TPSA) is 68.3 Å². The summed E-state index contributed by atoms with van der Waals surface area (Å²) in [4.78, 5) is 45.1. The van der Waals surface area contributed by atoms with Crippen molar-refractivity contribution in [1.29, 1.82) is 0 Å². The zero-order chi connectivity index (χ0) is 19.3. The molecule has 0 saturated heterocycles. The molecule has 0 aliphatic heterocycles. The summed E-state index contributed by atoms with van der Waals surface area (Å²) in [7, 11) is -1.76. The summed E-state index contributed by atoms with van der Waals surface area (Å²) >= 11 is 5.41. The molecule has 0 radical (unpaired) electrons. The van der Waals surface area contributed by atoms with Crippen molar-refractivity contribution in [2.24, 2.45) is 0 Å². The molecular formula is C16H28O4S4Si. The number of rotatable bonds is 12. The van der Waals surface area contributed by atoms with Crippen molar-refractivity contribution in [3.8, 4) is 0 Å². The smallest absolute Gasteiger partial charge is 0.185 e. The number of hydrogen-bond donors (Lipinski definition) is 0. The van der Waals surface area contributed by atoms with Gasteiger partial charge in [0, 0.05) is 27.7 Å². The average Bonchev–Trinajstić information content (AvgIpc) is 2.45. The molecule has 4 nitrogen and oxygen atoms in total. The maximum atomic E-state index is 11.3. The minimum Gasteiger partial charge on any atom is -0.288 e. The lowest BCUT2D eigenvalue weighted by Gasteiger charge is -2.31. The van der Waals surface area contributed by atoms with Crippen LogP contribution in [0.1, 0.15) is 27.7 Å². The van der Waals surface area contributed by atoms with Crippen LogP contribution in [0.3, 0.4) is 0 Å². The number of hydrogen-bond acceptors (Lipinski definition) is 8. The second-order valence-corrected chi connectivity index (χ2v) is 15.9. The molecule has 0 saturated carbocycles. The Morgan fingerprint density at radius 1 is 0.520 bits per heavy atom. The summed E-state index contributed by atoms with van der Waals surface area (Å²) in [6.45, 7) is 6.32. The molecule has 0 heterocycles. The summed E-state index contributed by atoms with van der Waals surface area (Å²) in [5, 5.41) is 0.490. The van der Waals surface area contributed by atoms with Gasteiger partial charge in [-0.1, -0.05) is 47.0 Å². The lowest BCUT2D eigenvalue weighted by atomic mass is 10.9. The van der Waals surface area contributed by atoms with Crippen LogP contribution in [-0.4, -0.2) is 51.5 Å². The van der Waals surface area contributed by atoms with Crippen molar-refractivity contribution in [2.75, 3.05) is 23.0 Å².